The van der Waals surface area contributed by atoms with Crippen LogP contribution in [0, 0.1) is 5.41 Å². The van der Waals surface area contributed by atoms with Crippen molar-refractivity contribution in [3.8, 4) is 0 Å². The molecule has 0 saturated heterocycles. The number of alkyl halides is 1. The fourth-order valence-corrected chi connectivity index (χ4v) is 1.47. The third kappa shape index (κ3) is 3.08. The Labute approximate surface area is 94.0 Å². The summed E-state index contributed by atoms with van der Waals surface area (Å²) in [4.78, 5) is 0.532. The van der Waals surface area contributed by atoms with Crippen molar-refractivity contribution in [2.45, 2.75) is 38.4 Å². The molecule has 0 aliphatic rings. The summed E-state index contributed by atoms with van der Waals surface area (Å²) in [6.07, 6.45) is 3.98. The van der Waals surface area contributed by atoms with E-state index in [1.807, 2.05) is 17.9 Å². The summed E-state index contributed by atoms with van der Waals surface area (Å²) in [6, 6.07) is 0. The van der Waals surface area contributed by atoms with Crippen molar-refractivity contribution in [3.05, 3.63) is 11.9 Å². The van der Waals surface area contributed by atoms with Gasteiger partial charge in [-0.15, -0.1) is 5.10 Å². The Kier molecular flexibility index (Phi) is 3.70. The van der Waals surface area contributed by atoms with Crippen molar-refractivity contribution in [2.75, 3.05) is 0 Å². The van der Waals surface area contributed by atoms with Crippen LogP contribution < -0.4 is 0 Å². The minimum atomic E-state index is 0.312. The number of halogens is 1. The zero-order chi connectivity index (χ0) is 10.8. The SMILES string of the molecule is Cn1nncc1CCC(Br)C(C)(C)C. The van der Waals surface area contributed by atoms with Crippen LogP contribution in [0.2, 0.25) is 0 Å². The monoisotopic (exact) mass is 259 g/mol. The maximum Gasteiger partial charge on any atom is 0.0724 e. The van der Waals surface area contributed by atoms with Crippen molar-refractivity contribution in [1.82, 2.24) is 15.0 Å². The maximum absolute atomic E-state index is 3.91. The summed E-state index contributed by atoms with van der Waals surface area (Å²) in [5.74, 6) is 0. The highest BCUT2D eigenvalue weighted by atomic mass is 79.9. The Hall–Kier alpha value is -0.380. The van der Waals surface area contributed by atoms with Crippen molar-refractivity contribution in [2.24, 2.45) is 12.5 Å². The lowest BCUT2D eigenvalue weighted by atomic mass is 9.89. The van der Waals surface area contributed by atoms with Gasteiger partial charge in [-0.1, -0.05) is 41.9 Å². The van der Waals surface area contributed by atoms with Crippen LogP contribution in [0.3, 0.4) is 0 Å². The van der Waals surface area contributed by atoms with Gasteiger partial charge in [-0.05, 0) is 18.3 Å². The van der Waals surface area contributed by atoms with Gasteiger partial charge in [0.2, 0.25) is 0 Å². The van der Waals surface area contributed by atoms with Gasteiger partial charge in [0.25, 0.3) is 0 Å². The van der Waals surface area contributed by atoms with Gasteiger partial charge in [-0.2, -0.15) is 0 Å². The molecule has 0 bridgehead atoms. The smallest absolute Gasteiger partial charge is 0.0724 e. The maximum atomic E-state index is 3.91. The van der Waals surface area contributed by atoms with Crippen molar-refractivity contribution in [3.63, 3.8) is 0 Å². The minimum absolute atomic E-state index is 0.312. The number of aromatic nitrogens is 3. The van der Waals surface area contributed by atoms with Crippen molar-refractivity contribution >= 4 is 15.9 Å². The number of nitrogens with zero attached hydrogens (tertiary/aromatic N) is 3. The molecule has 1 atom stereocenters. The fourth-order valence-electron chi connectivity index (χ4n) is 1.24. The first kappa shape index (κ1) is 11.7. The van der Waals surface area contributed by atoms with Gasteiger partial charge in [0.1, 0.15) is 0 Å². The molecule has 0 aromatic carbocycles. The predicted octanol–water partition coefficient (Wildman–Crippen LogP) is 2.56. The molecule has 0 saturated carbocycles. The largest absolute Gasteiger partial charge is 0.252 e. The highest BCUT2D eigenvalue weighted by Gasteiger charge is 2.21. The number of rotatable bonds is 3. The summed E-state index contributed by atoms with van der Waals surface area (Å²) < 4.78 is 1.84. The first-order valence-electron chi connectivity index (χ1n) is 4.89. The molecule has 0 aliphatic carbocycles. The molecule has 1 aromatic rings. The van der Waals surface area contributed by atoms with Gasteiger partial charge >= 0.3 is 0 Å². The van der Waals surface area contributed by atoms with Crippen LogP contribution in [0.4, 0.5) is 0 Å². The van der Waals surface area contributed by atoms with Crippen molar-refractivity contribution < 1.29 is 0 Å². The van der Waals surface area contributed by atoms with Gasteiger partial charge in [0.05, 0.1) is 11.9 Å². The van der Waals surface area contributed by atoms with Gasteiger partial charge in [-0.3, -0.25) is 4.68 Å². The molecule has 0 spiro atoms. The van der Waals surface area contributed by atoms with Crippen LogP contribution in [-0.2, 0) is 13.5 Å². The topological polar surface area (TPSA) is 30.7 Å². The van der Waals surface area contributed by atoms with E-state index < -0.39 is 0 Å². The first-order valence-corrected chi connectivity index (χ1v) is 5.80. The predicted molar refractivity (Wildman–Crippen MR) is 61.5 cm³/mol. The lowest BCUT2D eigenvalue weighted by Crippen LogP contribution is -2.21. The zero-order valence-electron chi connectivity index (χ0n) is 9.29. The van der Waals surface area contributed by atoms with Crippen LogP contribution >= 0.6 is 15.9 Å². The highest BCUT2D eigenvalue weighted by Crippen LogP contribution is 2.29. The van der Waals surface area contributed by atoms with E-state index in [4.69, 9.17) is 0 Å². The Balaban J connectivity index is 2.46. The molecule has 0 fully saturated rings. The summed E-state index contributed by atoms with van der Waals surface area (Å²) >= 11 is 3.72. The molecule has 3 nitrogen and oxygen atoms in total. The van der Waals surface area contributed by atoms with E-state index >= 15 is 0 Å². The molecule has 14 heavy (non-hydrogen) atoms. The third-order valence-electron chi connectivity index (χ3n) is 2.40. The lowest BCUT2D eigenvalue weighted by molar-refractivity contribution is 0.384. The molecule has 1 heterocycles. The molecule has 0 aliphatic heterocycles. The van der Waals surface area contributed by atoms with E-state index in [0.717, 1.165) is 12.8 Å². The Morgan fingerprint density at radius 1 is 1.50 bits per heavy atom. The third-order valence-corrected chi connectivity index (χ3v) is 4.23. The van der Waals surface area contributed by atoms with E-state index in [-0.39, 0.29) is 0 Å². The molecule has 1 aromatic heterocycles. The molecular formula is C10H18BrN3. The van der Waals surface area contributed by atoms with Crippen LogP contribution in [0.1, 0.15) is 32.9 Å². The summed E-state index contributed by atoms with van der Waals surface area (Å²) in [6.45, 7) is 6.73. The van der Waals surface area contributed by atoms with Crippen LogP contribution in [0.25, 0.3) is 0 Å². The first-order chi connectivity index (χ1) is 6.41. The van der Waals surface area contributed by atoms with Gasteiger partial charge in [0, 0.05) is 11.9 Å². The second-order valence-corrected chi connectivity index (χ2v) is 5.83. The fraction of sp³-hybridized carbons (Fsp3) is 0.800. The zero-order valence-corrected chi connectivity index (χ0v) is 10.9. The Bertz CT molecular complexity index is 288. The molecule has 4 heteroatoms. The van der Waals surface area contributed by atoms with Crippen LogP contribution in [0.15, 0.2) is 6.20 Å². The van der Waals surface area contributed by atoms with E-state index in [0.29, 0.717) is 10.2 Å². The number of hydrogen-bond acceptors (Lipinski definition) is 2. The van der Waals surface area contributed by atoms with E-state index in [9.17, 15) is 0 Å². The second kappa shape index (κ2) is 4.43. The molecule has 1 rings (SSSR count). The average Bonchev–Trinajstić information content (AvgIpc) is 2.45. The second-order valence-electron chi connectivity index (χ2n) is 4.72. The standard InChI is InChI=1S/C10H18BrN3/c1-10(2,3)9(11)6-5-8-7-12-13-14(8)4/h7,9H,5-6H2,1-4H3. The van der Waals surface area contributed by atoms with Crippen molar-refractivity contribution in [1.29, 1.82) is 0 Å². The van der Waals surface area contributed by atoms with E-state index in [1.54, 1.807) is 0 Å². The van der Waals surface area contributed by atoms with E-state index in [1.165, 1.54) is 5.69 Å². The summed E-state index contributed by atoms with van der Waals surface area (Å²) in [5, 5.41) is 7.77. The summed E-state index contributed by atoms with van der Waals surface area (Å²) in [5.41, 5.74) is 1.50. The molecule has 80 valence electrons. The summed E-state index contributed by atoms with van der Waals surface area (Å²) in [7, 11) is 1.93. The normalized spacial score (nSPS) is 14.4. The molecule has 1 unspecified atom stereocenters. The van der Waals surface area contributed by atoms with Crippen LogP contribution in [-0.4, -0.2) is 19.8 Å². The Morgan fingerprint density at radius 3 is 2.57 bits per heavy atom. The van der Waals surface area contributed by atoms with E-state index in [2.05, 4.69) is 47.0 Å². The molecular weight excluding hydrogens is 242 g/mol. The highest BCUT2D eigenvalue weighted by molar-refractivity contribution is 9.09. The van der Waals surface area contributed by atoms with Gasteiger partial charge in [-0.25, -0.2) is 0 Å². The average molecular weight is 260 g/mol. The lowest BCUT2D eigenvalue weighted by Gasteiger charge is -2.25. The Morgan fingerprint density at radius 2 is 2.14 bits per heavy atom. The molecule has 0 amide bonds. The number of hydrogen-bond donors (Lipinski definition) is 0. The van der Waals surface area contributed by atoms with Crippen LogP contribution in [0.5, 0.6) is 0 Å². The molecule has 0 radical (unpaired) electrons. The molecule has 0 N–H and O–H groups in total. The minimum Gasteiger partial charge on any atom is -0.252 e. The van der Waals surface area contributed by atoms with Gasteiger partial charge < -0.3 is 0 Å². The van der Waals surface area contributed by atoms with Gasteiger partial charge in [0.15, 0.2) is 0 Å². The number of aryl methyl sites for hydroxylation is 2. The quantitative estimate of drug-likeness (QED) is 0.782.